The molecule has 0 aliphatic carbocycles. The Bertz CT molecular complexity index is 1210. The maximum absolute atomic E-state index is 13.0. The van der Waals surface area contributed by atoms with Gasteiger partial charge in [-0.1, -0.05) is 23.4 Å². The Hall–Kier alpha value is -3.59. The Labute approximate surface area is 197 Å². The summed E-state index contributed by atoms with van der Waals surface area (Å²) in [5.41, 5.74) is 2.59. The molecule has 2 N–H and O–H groups in total. The van der Waals surface area contributed by atoms with Crippen LogP contribution in [0.4, 0.5) is 0 Å². The molecule has 4 unspecified atom stereocenters. The monoisotopic (exact) mass is 461 g/mol. The fourth-order valence-electron chi connectivity index (χ4n) is 5.40. The Kier molecular flexibility index (Phi) is 5.33. The molecule has 34 heavy (non-hydrogen) atoms. The highest BCUT2D eigenvalue weighted by atomic mass is 16.7. The zero-order valence-corrected chi connectivity index (χ0v) is 18.8. The summed E-state index contributed by atoms with van der Waals surface area (Å²) in [5, 5.41) is 21.4. The number of carbonyl (C=O) groups excluding carboxylic acids is 1. The molecule has 4 atom stereocenters. The molecular formula is C25H27N5O4. The van der Waals surface area contributed by atoms with Crippen molar-refractivity contribution in [3.8, 4) is 28.5 Å². The van der Waals surface area contributed by atoms with E-state index in [0.717, 1.165) is 60.8 Å². The molecule has 3 saturated heterocycles. The summed E-state index contributed by atoms with van der Waals surface area (Å²) in [6, 6.07) is 13.2. The molecule has 3 aromatic rings. The van der Waals surface area contributed by atoms with E-state index in [9.17, 15) is 9.90 Å². The number of piperidine rings is 3. The van der Waals surface area contributed by atoms with Crippen LogP contribution in [-0.4, -0.2) is 56.8 Å². The number of hydrogen-bond donors (Lipinski definition) is 2. The summed E-state index contributed by atoms with van der Waals surface area (Å²) in [5.74, 6) is 2.21. The summed E-state index contributed by atoms with van der Waals surface area (Å²) < 4.78 is 12.7. The van der Waals surface area contributed by atoms with Gasteiger partial charge in [-0.3, -0.25) is 14.4 Å². The van der Waals surface area contributed by atoms with Gasteiger partial charge in [0.15, 0.2) is 11.5 Å². The van der Waals surface area contributed by atoms with E-state index in [4.69, 9.17) is 9.47 Å². The van der Waals surface area contributed by atoms with Gasteiger partial charge in [0.1, 0.15) is 11.4 Å². The van der Waals surface area contributed by atoms with Crippen molar-refractivity contribution in [2.75, 3.05) is 19.9 Å². The van der Waals surface area contributed by atoms with E-state index >= 15 is 0 Å². The highest BCUT2D eigenvalue weighted by Gasteiger charge is 2.43. The van der Waals surface area contributed by atoms with E-state index in [1.54, 1.807) is 18.2 Å². The number of carbonyl (C=O) groups is 1. The first kappa shape index (κ1) is 21.0. The second-order valence-corrected chi connectivity index (χ2v) is 9.32. The SMILES string of the molecule is O=C(NCc1ccc2c(c1)OCO2)C1CN2CCC1CC2Cn1cc(-c2cccc(O)c2)nn1. The van der Waals surface area contributed by atoms with Crippen LogP contribution in [-0.2, 0) is 17.9 Å². The zero-order valence-electron chi connectivity index (χ0n) is 18.8. The third-order valence-electron chi connectivity index (χ3n) is 7.20. The molecule has 3 fully saturated rings. The first-order chi connectivity index (χ1) is 16.6. The fraction of sp³-hybridized carbons (Fsp3) is 0.400. The maximum Gasteiger partial charge on any atom is 0.231 e. The van der Waals surface area contributed by atoms with E-state index in [0.29, 0.717) is 18.5 Å². The minimum absolute atomic E-state index is 0.0117. The van der Waals surface area contributed by atoms with E-state index in [-0.39, 0.29) is 24.4 Å². The molecule has 1 aromatic heterocycles. The van der Waals surface area contributed by atoms with Crippen LogP contribution in [0.1, 0.15) is 18.4 Å². The zero-order chi connectivity index (χ0) is 23.1. The van der Waals surface area contributed by atoms with Gasteiger partial charge in [0.2, 0.25) is 12.7 Å². The van der Waals surface area contributed by atoms with Gasteiger partial charge in [0, 0.05) is 24.7 Å². The van der Waals surface area contributed by atoms with Gasteiger partial charge in [-0.05, 0) is 55.1 Å². The van der Waals surface area contributed by atoms with Gasteiger partial charge < -0.3 is 19.9 Å². The Morgan fingerprint density at radius 3 is 2.94 bits per heavy atom. The van der Waals surface area contributed by atoms with Crippen molar-refractivity contribution < 1.29 is 19.4 Å². The highest BCUT2D eigenvalue weighted by Crippen LogP contribution is 2.37. The molecule has 7 rings (SSSR count). The van der Waals surface area contributed by atoms with E-state index in [2.05, 4.69) is 20.5 Å². The van der Waals surface area contributed by atoms with E-state index < -0.39 is 0 Å². The number of phenolic OH excluding ortho intramolecular Hbond substituents is 1. The number of aromatic nitrogens is 3. The number of fused-ring (bicyclic) bond motifs is 4. The minimum atomic E-state index is 0.0117. The third kappa shape index (κ3) is 4.07. The summed E-state index contributed by atoms with van der Waals surface area (Å²) in [7, 11) is 0. The molecule has 0 spiro atoms. The topological polar surface area (TPSA) is 102 Å². The van der Waals surface area contributed by atoms with Crippen molar-refractivity contribution in [3.05, 3.63) is 54.2 Å². The quantitative estimate of drug-likeness (QED) is 0.581. The summed E-state index contributed by atoms with van der Waals surface area (Å²) >= 11 is 0. The molecule has 4 aliphatic rings. The summed E-state index contributed by atoms with van der Waals surface area (Å²) in [6.07, 6.45) is 3.95. The van der Waals surface area contributed by atoms with Gasteiger partial charge in [0.05, 0.1) is 18.7 Å². The van der Waals surface area contributed by atoms with Gasteiger partial charge >= 0.3 is 0 Å². The number of rotatable bonds is 6. The van der Waals surface area contributed by atoms with Crippen LogP contribution >= 0.6 is 0 Å². The van der Waals surface area contributed by atoms with Crippen LogP contribution < -0.4 is 14.8 Å². The van der Waals surface area contributed by atoms with Crippen LogP contribution in [0.5, 0.6) is 17.2 Å². The first-order valence-electron chi connectivity index (χ1n) is 11.7. The number of hydrogen-bond acceptors (Lipinski definition) is 7. The third-order valence-corrected chi connectivity index (χ3v) is 7.20. The van der Waals surface area contributed by atoms with Gasteiger partial charge in [-0.15, -0.1) is 5.10 Å². The van der Waals surface area contributed by atoms with E-state index in [1.807, 2.05) is 35.1 Å². The minimum Gasteiger partial charge on any atom is -0.508 e. The fourth-order valence-corrected chi connectivity index (χ4v) is 5.40. The predicted molar refractivity (Wildman–Crippen MR) is 123 cm³/mol. The number of aromatic hydroxyl groups is 1. The summed E-state index contributed by atoms with van der Waals surface area (Å²) in [4.78, 5) is 15.4. The molecule has 1 amide bonds. The van der Waals surface area contributed by atoms with Crippen molar-refractivity contribution in [3.63, 3.8) is 0 Å². The number of nitrogens with zero attached hydrogens (tertiary/aromatic N) is 4. The maximum atomic E-state index is 13.0. The van der Waals surface area contributed by atoms with Crippen molar-refractivity contribution in [2.45, 2.75) is 32.0 Å². The Morgan fingerprint density at radius 1 is 1.18 bits per heavy atom. The van der Waals surface area contributed by atoms with Crippen molar-refractivity contribution in [2.24, 2.45) is 11.8 Å². The van der Waals surface area contributed by atoms with E-state index in [1.165, 1.54) is 0 Å². The van der Waals surface area contributed by atoms with Gasteiger partial charge in [0.25, 0.3) is 0 Å². The molecule has 2 aromatic carbocycles. The molecule has 0 saturated carbocycles. The summed E-state index contributed by atoms with van der Waals surface area (Å²) in [6.45, 7) is 3.26. The average Bonchev–Trinajstić information content (AvgIpc) is 3.52. The smallest absolute Gasteiger partial charge is 0.231 e. The van der Waals surface area contributed by atoms with Crippen LogP contribution in [0.2, 0.25) is 0 Å². The molecular weight excluding hydrogens is 434 g/mol. The van der Waals surface area contributed by atoms with Crippen LogP contribution in [0.25, 0.3) is 11.3 Å². The molecule has 4 aliphatic heterocycles. The normalized spacial score (nSPS) is 24.8. The lowest BCUT2D eigenvalue weighted by molar-refractivity contribution is -0.133. The number of benzene rings is 2. The molecule has 0 radical (unpaired) electrons. The Balaban J connectivity index is 1.06. The van der Waals surface area contributed by atoms with Gasteiger partial charge in [-0.2, -0.15) is 0 Å². The number of phenols is 1. The van der Waals surface area contributed by atoms with Gasteiger partial charge in [-0.25, -0.2) is 0 Å². The predicted octanol–water partition coefficient (Wildman–Crippen LogP) is 2.41. The second kappa shape index (κ2) is 8.64. The standard InChI is InChI=1S/C25H27N5O4/c31-20-3-1-2-18(10-20)22-14-30(28-27-22)12-19-9-17-6-7-29(19)13-21(17)25(32)26-11-16-4-5-23-24(8-16)34-15-33-23/h1-5,8,10,14,17,19,21,31H,6-7,9,11-13,15H2,(H,26,32). The lowest BCUT2D eigenvalue weighted by Gasteiger charge is -2.49. The molecule has 176 valence electrons. The molecule has 2 bridgehead atoms. The lowest BCUT2D eigenvalue weighted by atomic mass is 9.75. The molecule has 9 nitrogen and oxygen atoms in total. The Morgan fingerprint density at radius 2 is 2.09 bits per heavy atom. The first-order valence-corrected chi connectivity index (χ1v) is 11.7. The average molecular weight is 462 g/mol. The molecule has 5 heterocycles. The van der Waals surface area contributed by atoms with Crippen LogP contribution in [0.3, 0.4) is 0 Å². The second-order valence-electron chi connectivity index (χ2n) is 9.32. The van der Waals surface area contributed by atoms with Crippen LogP contribution in [0.15, 0.2) is 48.7 Å². The number of nitrogens with one attached hydrogen (secondary N) is 1. The van der Waals surface area contributed by atoms with Crippen LogP contribution in [0, 0.1) is 11.8 Å². The number of ether oxygens (including phenoxy) is 2. The van der Waals surface area contributed by atoms with Crippen molar-refractivity contribution in [1.82, 2.24) is 25.2 Å². The largest absolute Gasteiger partial charge is 0.508 e. The molecule has 9 heteroatoms. The highest BCUT2D eigenvalue weighted by molar-refractivity contribution is 5.79. The van der Waals surface area contributed by atoms with Crippen molar-refractivity contribution in [1.29, 1.82) is 0 Å². The number of amides is 1. The van der Waals surface area contributed by atoms with Crippen molar-refractivity contribution >= 4 is 5.91 Å². The lowest BCUT2D eigenvalue weighted by Crippen LogP contribution is -2.57.